The number of carbonyl (C=O) groups is 1. The fraction of sp³-hybridized carbons (Fsp3) is 0.900. The van der Waals surface area contributed by atoms with Gasteiger partial charge in [-0.2, -0.15) is 0 Å². The van der Waals surface area contributed by atoms with Crippen molar-refractivity contribution >= 4 is 43.6 Å². The minimum atomic E-state index is -0.0754. The Morgan fingerprint density at radius 2 is 1.57 bits per heavy atom. The van der Waals surface area contributed by atoms with Crippen LogP contribution in [0.1, 0.15) is 58.3 Å². The topological polar surface area (TPSA) is 26.3 Å². The van der Waals surface area contributed by atoms with E-state index in [1.807, 2.05) is 0 Å². The molecule has 0 aromatic heterocycles. The third-order valence-electron chi connectivity index (χ3n) is 2.21. The summed E-state index contributed by atoms with van der Waals surface area (Å²) in [6.45, 7) is 2.22. The molecule has 0 aliphatic rings. The molecule has 0 radical (unpaired) electrons. The molecular formula is C10H22BNaO2. The first-order chi connectivity index (χ1) is 6.31. The van der Waals surface area contributed by atoms with Crippen LogP contribution in [0.5, 0.6) is 0 Å². The van der Waals surface area contributed by atoms with Crippen molar-refractivity contribution in [2.24, 2.45) is 0 Å². The van der Waals surface area contributed by atoms with Crippen LogP contribution in [0.25, 0.3) is 0 Å². The molecule has 0 amide bonds. The molecule has 0 spiro atoms. The number of rotatable bonds is 8. The van der Waals surface area contributed by atoms with Gasteiger partial charge in [0.1, 0.15) is 0 Å². The first-order valence-electron chi connectivity index (χ1n) is 5.38. The average Bonchev–Trinajstić information content (AvgIpc) is 2.16. The van der Waals surface area contributed by atoms with Crippen LogP contribution in [0.4, 0.5) is 0 Å². The third kappa shape index (κ3) is 12.5. The van der Waals surface area contributed by atoms with Gasteiger partial charge in [-0.25, -0.2) is 0 Å². The van der Waals surface area contributed by atoms with Crippen molar-refractivity contribution in [2.75, 3.05) is 0 Å². The summed E-state index contributed by atoms with van der Waals surface area (Å²) in [6, 6.07) is 0. The summed E-state index contributed by atoms with van der Waals surface area (Å²) in [5.41, 5.74) is 0. The van der Waals surface area contributed by atoms with Crippen molar-refractivity contribution in [1.82, 2.24) is 0 Å². The van der Waals surface area contributed by atoms with Crippen LogP contribution in [0, 0.1) is 0 Å². The van der Waals surface area contributed by atoms with Crippen molar-refractivity contribution in [3.63, 3.8) is 0 Å². The predicted molar refractivity (Wildman–Crippen MR) is 64.4 cm³/mol. The molecule has 0 saturated carbocycles. The summed E-state index contributed by atoms with van der Waals surface area (Å²) in [6.07, 6.45) is 9.29. The minimum absolute atomic E-state index is 0. The first-order valence-corrected chi connectivity index (χ1v) is 5.38. The molecule has 0 N–H and O–H groups in total. The number of hydrogen-bond acceptors (Lipinski definition) is 2. The van der Waals surface area contributed by atoms with Crippen molar-refractivity contribution in [3.8, 4) is 0 Å². The van der Waals surface area contributed by atoms with Crippen molar-refractivity contribution in [3.05, 3.63) is 0 Å². The van der Waals surface area contributed by atoms with Gasteiger partial charge in [-0.05, 0) is 6.42 Å². The van der Waals surface area contributed by atoms with Gasteiger partial charge in [-0.1, -0.05) is 45.4 Å². The van der Waals surface area contributed by atoms with Gasteiger partial charge in [0.2, 0.25) is 0 Å². The molecule has 0 atom stereocenters. The Labute approximate surface area is 111 Å². The van der Waals surface area contributed by atoms with Crippen LogP contribution in [-0.4, -0.2) is 43.6 Å². The number of unbranched alkanes of at least 4 members (excludes halogenated alkanes) is 6. The monoisotopic (exact) mass is 208 g/mol. The summed E-state index contributed by atoms with van der Waals surface area (Å²) >= 11 is 0. The van der Waals surface area contributed by atoms with Crippen LogP contribution in [-0.2, 0) is 9.45 Å². The maximum atomic E-state index is 10.7. The Bertz CT molecular complexity index is 131. The van der Waals surface area contributed by atoms with E-state index in [1.165, 1.54) is 46.6 Å². The molecule has 0 rings (SSSR count). The normalized spacial score (nSPS) is 9.21. The van der Waals surface area contributed by atoms with Crippen LogP contribution in [0.15, 0.2) is 0 Å². The summed E-state index contributed by atoms with van der Waals surface area (Å²) in [7, 11) is 1.45. The molecule has 0 heterocycles. The second kappa shape index (κ2) is 13.5. The van der Waals surface area contributed by atoms with Gasteiger partial charge in [0.25, 0.3) is 5.97 Å². The van der Waals surface area contributed by atoms with Crippen molar-refractivity contribution in [1.29, 1.82) is 0 Å². The SMILES string of the molecule is BOC(=O)CCCCCCCCC.[NaH]. The van der Waals surface area contributed by atoms with Gasteiger partial charge in [0.05, 0.1) is 0 Å². The van der Waals surface area contributed by atoms with Crippen molar-refractivity contribution < 1.29 is 9.45 Å². The molecule has 0 saturated heterocycles. The van der Waals surface area contributed by atoms with Crippen LogP contribution < -0.4 is 0 Å². The zero-order valence-electron chi connectivity index (χ0n) is 8.97. The summed E-state index contributed by atoms with van der Waals surface area (Å²) < 4.78 is 4.56. The Balaban J connectivity index is 0. The Kier molecular flexibility index (Phi) is 16.4. The molecular weight excluding hydrogens is 186 g/mol. The van der Waals surface area contributed by atoms with Gasteiger partial charge in [-0.15, -0.1) is 0 Å². The van der Waals surface area contributed by atoms with Gasteiger partial charge in [0, 0.05) is 6.42 Å². The zero-order valence-corrected chi connectivity index (χ0v) is 8.97. The Morgan fingerprint density at radius 1 is 1.07 bits per heavy atom. The molecule has 14 heavy (non-hydrogen) atoms. The van der Waals surface area contributed by atoms with Crippen LogP contribution in [0.3, 0.4) is 0 Å². The van der Waals surface area contributed by atoms with E-state index >= 15 is 0 Å². The third-order valence-corrected chi connectivity index (χ3v) is 2.21. The van der Waals surface area contributed by atoms with Crippen LogP contribution >= 0.6 is 0 Å². The molecule has 0 fully saturated rings. The standard InChI is InChI=1S/C10H21BO2.Na.H/c1-2-3-4-5-6-7-8-9-10(12)13-11;;/h2-9,11H2,1H3;;. The second-order valence-electron chi connectivity index (χ2n) is 3.45. The molecule has 0 aromatic carbocycles. The molecule has 0 aliphatic heterocycles. The van der Waals surface area contributed by atoms with E-state index in [1.54, 1.807) is 0 Å². The first kappa shape index (κ1) is 16.9. The number of hydrogen-bond donors (Lipinski definition) is 0. The van der Waals surface area contributed by atoms with E-state index in [2.05, 4.69) is 11.6 Å². The summed E-state index contributed by atoms with van der Waals surface area (Å²) in [4.78, 5) is 10.7. The van der Waals surface area contributed by atoms with E-state index < -0.39 is 0 Å². The fourth-order valence-corrected chi connectivity index (χ4v) is 1.33. The zero-order chi connectivity index (χ0) is 9.94. The quantitative estimate of drug-likeness (QED) is 0.447. The average molecular weight is 208 g/mol. The van der Waals surface area contributed by atoms with E-state index in [4.69, 9.17) is 0 Å². The molecule has 0 bridgehead atoms. The second-order valence-corrected chi connectivity index (χ2v) is 3.45. The fourth-order valence-electron chi connectivity index (χ4n) is 1.33. The number of carbonyl (C=O) groups excluding carboxylic acids is 1. The molecule has 0 aliphatic carbocycles. The van der Waals surface area contributed by atoms with E-state index in [0.29, 0.717) is 6.42 Å². The van der Waals surface area contributed by atoms with Gasteiger partial charge >= 0.3 is 37.6 Å². The Morgan fingerprint density at radius 3 is 2.07 bits per heavy atom. The van der Waals surface area contributed by atoms with Gasteiger partial charge in [0.15, 0.2) is 0 Å². The van der Waals surface area contributed by atoms with Gasteiger partial charge < -0.3 is 4.65 Å². The molecule has 78 valence electrons. The predicted octanol–water partition coefficient (Wildman–Crippen LogP) is 1.57. The molecule has 0 unspecified atom stereocenters. The van der Waals surface area contributed by atoms with E-state index in [9.17, 15) is 4.79 Å². The maximum absolute atomic E-state index is 10.7. The molecule has 4 heteroatoms. The van der Waals surface area contributed by atoms with E-state index in [-0.39, 0.29) is 35.5 Å². The van der Waals surface area contributed by atoms with E-state index in [0.717, 1.165) is 6.42 Å². The van der Waals surface area contributed by atoms with Crippen LogP contribution in [0.2, 0.25) is 0 Å². The summed E-state index contributed by atoms with van der Waals surface area (Å²) in [5.74, 6) is -0.0754. The summed E-state index contributed by atoms with van der Waals surface area (Å²) in [5, 5.41) is 0. The molecule has 2 nitrogen and oxygen atoms in total. The van der Waals surface area contributed by atoms with Gasteiger partial charge in [-0.3, -0.25) is 4.79 Å². The Hall–Kier alpha value is 0.535. The molecule has 0 aromatic rings. The van der Waals surface area contributed by atoms with Crippen molar-refractivity contribution in [2.45, 2.75) is 58.3 Å².